The largest absolute Gasteiger partial charge is 0.493 e. The van der Waals surface area contributed by atoms with Gasteiger partial charge in [-0.05, 0) is 38.2 Å². The molecule has 0 atom stereocenters. The van der Waals surface area contributed by atoms with E-state index in [0.29, 0.717) is 6.61 Å². The average molecular weight is 314 g/mol. The Balaban J connectivity index is 2.00. The lowest BCUT2D eigenvalue weighted by Gasteiger charge is -2.15. The van der Waals surface area contributed by atoms with Crippen molar-refractivity contribution in [3.8, 4) is 11.5 Å². The van der Waals surface area contributed by atoms with Gasteiger partial charge in [-0.15, -0.1) is 0 Å². The minimum absolute atomic E-state index is 0.536. The summed E-state index contributed by atoms with van der Waals surface area (Å²) in [6, 6.07) is 16.2. The van der Waals surface area contributed by atoms with Gasteiger partial charge in [0.05, 0.1) is 7.11 Å². The molecule has 0 aliphatic rings. The summed E-state index contributed by atoms with van der Waals surface area (Å²) in [6.45, 7) is 3.29. The smallest absolute Gasteiger partial charge is 0.166 e. The van der Waals surface area contributed by atoms with Crippen LogP contribution >= 0.6 is 0 Å². The third kappa shape index (κ3) is 5.58. The van der Waals surface area contributed by atoms with E-state index in [-0.39, 0.29) is 0 Å². The second kappa shape index (κ2) is 9.87. The summed E-state index contributed by atoms with van der Waals surface area (Å²) >= 11 is 0. The Labute approximate surface area is 138 Å². The first-order valence-corrected chi connectivity index (χ1v) is 8.03. The highest BCUT2D eigenvalue weighted by Gasteiger charge is 2.10. The van der Waals surface area contributed by atoms with Gasteiger partial charge in [-0.3, -0.25) is 0 Å². The Hall–Kier alpha value is -2.04. The fourth-order valence-corrected chi connectivity index (χ4v) is 2.37. The molecule has 0 fully saturated rings. The molecule has 23 heavy (non-hydrogen) atoms. The van der Waals surface area contributed by atoms with Crippen molar-refractivity contribution in [1.82, 2.24) is 10.6 Å². The quantitative estimate of drug-likeness (QED) is 0.662. The minimum Gasteiger partial charge on any atom is -0.493 e. The van der Waals surface area contributed by atoms with Crippen molar-refractivity contribution < 1.29 is 9.47 Å². The molecule has 4 nitrogen and oxygen atoms in total. The van der Waals surface area contributed by atoms with E-state index in [2.05, 4.69) is 28.8 Å². The normalized spacial score (nSPS) is 10.5. The summed E-state index contributed by atoms with van der Waals surface area (Å²) in [5, 5.41) is 6.60. The van der Waals surface area contributed by atoms with Gasteiger partial charge in [-0.2, -0.15) is 0 Å². The van der Waals surface area contributed by atoms with Gasteiger partial charge in [-0.1, -0.05) is 42.5 Å². The van der Waals surface area contributed by atoms with Crippen LogP contribution in [-0.2, 0) is 13.2 Å². The number of hydrogen-bond donors (Lipinski definition) is 2. The lowest BCUT2D eigenvalue weighted by Crippen LogP contribution is -2.19. The predicted molar refractivity (Wildman–Crippen MR) is 94.0 cm³/mol. The van der Waals surface area contributed by atoms with Crippen molar-refractivity contribution >= 4 is 0 Å². The molecule has 0 aliphatic heterocycles. The molecule has 0 spiro atoms. The Morgan fingerprint density at radius 1 is 0.957 bits per heavy atom. The topological polar surface area (TPSA) is 42.5 Å². The van der Waals surface area contributed by atoms with E-state index in [9.17, 15) is 0 Å². The van der Waals surface area contributed by atoms with Crippen molar-refractivity contribution in [1.29, 1.82) is 0 Å². The zero-order valence-corrected chi connectivity index (χ0v) is 14.0. The van der Waals surface area contributed by atoms with Crippen LogP contribution in [0.3, 0.4) is 0 Å². The third-order valence-corrected chi connectivity index (χ3v) is 3.60. The molecule has 0 aliphatic carbocycles. The highest BCUT2D eigenvalue weighted by atomic mass is 16.5. The number of ether oxygens (including phenoxy) is 2. The van der Waals surface area contributed by atoms with E-state index in [1.165, 1.54) is 0 Å². The molecule has 0 radical (unpaired) electrons. The van der Waals surface area contributed by atoms with Crippen LogP contribution in [0.2, 0.25) is 0 Å². The zero-order chi connectivity index (χ0) is 16.3. The van der Waals surface area contributed by atoms with Gasteiger partial charge >= 0.3 is 0 Å². The summed E-state index contributed by atoms with van der Waals surface area (Å²) in [6.07, 6.45) is 1.10. The van der Waals surface area contributed by atoms with E-state index in [1.54, 1.807) is 7.11 Å². The van der Waals surface area contributed by atoms with Gasteiger partial charge < -0.3 is 20.1 Å². The van der Waals surface area contributed by atoms with Gasteiger partial charge in [-0.25, -0.2) is 0 Å². The zero-order valence-electron chi connectivity index (χ0n) is 14.0. The number of benzene rings is 2. The fraction of sp³-hybridized carbons (Fsp3) is 0.368. The summed E-state index contributed by atoms with van der Waals surface area (Å²) in [5.41, 5.74) is 2.26. The maximum atomic E-state index is 6.05. The molecule has 0 amide bonds. The molecular formula is C19H26N2O2. The first kappa shape index (κ1) is 17.3. The molecule has 4 heteroatoms. The monoisotopic (exact) mass is 314 g/mol. The van der Waals surface area contributed by atoms with Crippen molar-refractivity contribution in [2.75, 3.05) is 27.2 Å². The molecule has 0 unspecified atom stereocenters. The number of para-hydroxylation sites is 1. The van der Waals surface area contributed by atoms with Crippen LogP contribution in [0.5, 0.6) is 11.5 Å². The molecule has 0 saturated heterocycles. The van der Waals surface area contributed by atoms with Crippen LogP contribution in [-0.4, -0.2) is 27.2 Å². The highest BCUT2D eigenvalue weighted by Crippen LogP contribution is 2.31. The van der Waals surface area contributed by atoms with Crippen molar-refractivity contribution in [3.05, 3.63) is 59.7 Å². The Morgan fingerprint density at radius 2 is 1.78 bits per heavy atom. The second-order valence-corrected chi connectivity index (χ2v) is 5.36. The molecule has 2 aromatic carbocycles. The fourth-order valence-electron chi connectivity index (χ4n) is 2.37. The maximum Gasteiger partial charge on any atom is 0.166 e. The lowest BCUT2D eigenvalue weighted by molar-refractivity contribution is 0.280. The molecule has 0 saturated carbocycles. The minimum atomic E-state index is 0.536. The van der Waals surface area contributed by atoms with Crippen LogP contribution in [0, 0.1) is 0 Å². The van der Waals surface area contributed by atoms with Crippen LogP contribution < -0.4 is 20.1 Å². The van der Waals surface area contributed by atoms with E-state index in [0.717, 1.165) is 48.7 Å². The molecule has 124 valence electrons. The summed E-state index contributed by atoms with van der Waals surface area (Å²) in [7, 11) is 3.65. The molecule has 2 rings (SSSR count). The molecule has 0 bridgehead atoms. The molecule has 0 heterocycles. The molecular weight excluding hydrogens is 288 g/mol. The Morgan fingerprint density at radius 3 is 2.52 bits per heavy atom. The van der Waals surface area contributed by atoms with E-state index < -0.39 is 0 Å². The van der Waals surface area contributed by atoms with Gasteiger partial charge in [0.1, 0.15) is 6.61 Å². The van der Waals surface area contributed by atoms with Crippen LogP contribution in [0.25, 0.3) is 0 Å². The van der Waals surface area contributed by atoms with Crippen LogP contribution in [0.1, 0.15) is 17.5 Å². The Bertz CT molecular complexity index is 573. The van der Waals surface area contributed by atoms with Gasteiger partial charge in [0.25, 0.3) is 0 Å². The summed E-state index contributed by atoms with van der Waals surface area (Å²) in [5.74, 6) is 1.59. The number of rotatable bonds is 10. The standard InChI is InChI=1S/C19H26N2O2/c1-20-12-7-13-21-14-17-10-6-11-18(22-2)19(17)23-15-16-8-4-3-5-9-16/h3-6,8-11,20-21H,7,12-15H2,1-2H3. The first-order chi connectivity index (χ1) is 11.3. The Kier molecular flexibility index (Phi) is 7.43. The van der Waals surface area contributed by atoms with Gasteiger partial charge in [0, 0.05) is 12.1 Å². The van der Waals surface area contributed by atoms with Crippen molar-refractivity contribution in [3.63, 3.8) is 0 Å². The van der Waals surface area contributed by atoms with E-state index >= 15 is 0 Å². The van der Waals surface area contributed by atoms with Crippen LogP contribution in [0.15, 0.2) is 48.5 Å². The van der Waals surface area contributed by atoms with Crippen LogP contribution in [0.4, 0.5) is 0 Å². The average Bonchev–Trinajstić information content (AvgIpc) is 2.61. The molecule has 2 aromatic rings. The van der Waals surface area contributed by atoms with Crippen molar-refractivity contribution in [2.45, 2.75) is 19.6 Å². The summed E-state index contributed by atoms with van der Waals surface area (Å²) < 4.78 is 11.5. The first-order valence-electron chi connectivity index (χ1n) is 8.03. The maximum absolute atomic E-state index is 6.05. The summed E-state index contributed by atoms with van der Waals surface area (Å²) in [4.78, 5) is 0. The third-order valence-electron chi connectivity index (χ3n) is 3.60. The predicted octanol–water partition coefficient (Wildman–Crippen LogP) is 2.97. The SMILES string of the molecule is CNCCCNCc1cccc(OC)c1OCc1ccccc1. The number of nitrogens with one attached hydrogen (secondary N) is 2. The van der Waals surface area contributed by atoms with Crippen molar-refractivity contribution in [2.24, 2.45) is 0 Å². The van der Waals surface area contributed by atoms with E-state index in [4.69, 9.17) is 9.47 Å². The highest BCUT2D eigenvalue weighted by molar-refractivity contribution is 5.46. The van der Waals surface area contributed by atoms with Gasteiger partial charge in [0.15, 0.2) is 11.5 Å². The lowest BCUT2D eigenvalue weighted by atomic mass is 10.1. The second-order valence-electron chi connectivity index (χ2n) is 5.36. The molecule has 0 aromatic heterocycles. The number of methoxy groups -OCH3 is 1. The van der Waals surface area contributed by atoms with E-state index in [1.807, 2.05) is 37.4 Å². The van der Waals surface area contributed by atoms with Gasteiger partial charge in [0.2, 0.25) is 0 Å². The number of hydrogen-bond acceptors (Lipinski definition) is 4. The molecule has 2 N–H and O–H groups in total.